The van der Waals surface area contributed by atoms with Crippen LogP contribution in [-0.4, -0.2) is 75.7 Å². The van der Waals surface area contributed by atoms with E-state index in [-0.39, 0.29) is 24.2 Å². The number of aromatic nitrogens is 1. The van der Waals surface area contributed by atoms with Gasteiger partial charge in [-0.25, -0.2) is 4.79 Å². The summed E-state index contributed by atoms with van der Waals surface area (Å²) in [5.74, 6) is -0.666. The van der Waals surface area contributed by atoms with Gasteiger partial charge in [0.2, 0.25) is 0 Å². The Kier molecular flexibility index (Phi) is 6.24. The quantitative estimate of drug-likeness (QED) is 0.722. The highest BCUT2D eigenvalue weighted by Crippen LogP contribution is 2.23. The SMILES string of the molecule is Cc1[nH]c(C(=O)O)c(C)c1C(=O)N1CCN(CC(C)C)C(CCO)C1. The average molecular weight is 351 g/mol. The van der Waals surface area contributed by atoms with Crippen molar-refractivity contribution in [1.82, 2.24) is 14.8 Å². The van der Waals surface area contributed by atoms with Crippen molar-refractivity contribution in [2.24, 2.45) is 5.92 Å². The first kappa shape index (κ1) is 19.5. The van der Waals surface area contributed by atoms with Gasteiger partial charge >= 0.3 is 5.97 Å². The lowest BCUT2D eigenvalue weighted by atomic mass is 10.0. The molecular formula is C18H29N3O4. The van der Waals surface area contributed by atoms with Gasteiger partial charge in [-0.2, -0.15) is 0 Å². The fourth-order valence-electron chi connectivity index (χ4n) is 3.65. The van der Waals surface area contributed by atoms with Crippen molar-refractivity contribution in [1.29, 1.82) is 0 Å². The van der Waals surface area contributed by atoms with E-state index in [1.54, 1.807) is 18.7 Å². The molecule has 1 unspecified atom stereocenters. The summed E-state index contributed by atoms with van der Waals surface area (Å²) in [7, 11) is 0. The van der Waals surface area contributed by atoms with E-state index in [0.717, 1.165) is 13.1 Å². The molecule has 0 aliphatic carbocycles. The summed E-state index contributed by atoms with van der Waals surface area (Å²) in [5.41, 5.74) is 1.60. The molecule has 1 saturated heterocycles. The molecule has 1 aliphatic rings. The summed E-state index contributed by atoms with van der Waals surface area (Å²) in [6.07, 6.45) is 0.627. The van der Waals surface area contributed by atoms with Crippen molar-refractivity contribution in [3.63, 3.8) is 0 Å². The van der Waals surface area contributed by atoms with Crippen LogP contribution >= 0.6 is 0 Å². The first-order valence-electron chi connectivity index (χ1n) is 8.82. The van der Waals surface area contributed by atoms with Crippen LogP contribution in [0.1, 0.15) is 52.4 Å². The molecule has 2 rings (SSSR count). The number of aromatic amines is 1. The third kappa shape index (κ3) is 4.22. The van der Waals surface area contributed by atoms with Gasteiger partial charge in [-0.3, -0.25) is 9.69 Å². The van der Waals surface area contributed by atoms with E-state index in [0.29, 0.717) is 42.2 Å². The fourth-order valence-corrected chi connectivity index (χ4v) is 3.65. The van der Waals surface area contributed by atoms with Crippen LogP contribution in [0, 0.1) is 19.8 Å². The number of aliphatic hydroxyl groups is 1. The maximum absolute atomic E-state index is 13.0. The summed E-state index contributed by atoms with van der Waals surface area (Å²) < 4.78 is 0. The third-order valence-corrected chi connectivity index (χ3v) is 4.82. The molecule has 1 aromatic heterocycles. The Hall–Kier alpha value is -1.86. The van der Waals surface area contributed by atoms with Crippen LogP contribution in [0.4, 0.5) is 0 Å². The molecule has 25 heavy (non-hydrogen) atoms. The zero-order valence-electron chi connectivity index (χ0n) is 15.5. The van der Waals surface area contributed by atoms with Crippen LogP contribution in [0.5, 0.6) is 0 Å². The molecule has 0 radical (unpaired) electrons. The second-order valence-corrected chi connectivity index (χ2v) is 7.24. The number of amides is 1. The predicted molar refractivity (Wildman–Crippen MR) is 95.0 cm³/mol. The summed E-state index contributed by atoms with van der Waals surface area (Å²) in [6, 6.07) is 0.128. The summed E-state index contributed by atoms with van der Waals surface area (Å²) in [4.78, 5) is 31.2. The monoisotopic (exact) mass is 351 g/mol. The Bertz CT molecular complexity index is 639. The van der Waals surface area contributed by atoms with E-state index in [9.17, 15) is 19.8 Å². The predicted octanol–water partition coefficient (Wildman–Crippen LogP) is 1.49. The van der Waals surface area contributed by atoms with Gasteiger partial charge in [0.15, 0.2) is 0 Å². The molecule has 0 spiro atoms. The third-order valence-electron chi connectivity index (χ3n) is 4.82. The zero-order valence-corrected chi connectivity index (χ0v) is 15.5. The minimum absolute atomic E-state index is 0.0752. The van der Waals surface area contributed by atoms with E-state index in [2.05, 4.69) is 23.7 Å². The number of carboxylic acid groups (broad SMARTS) is 1. The van der Waals surface area contributed by atoms with Crippen LogP contribution in [0.3, 0.4) is 0 Å². The van der Waals surface area contributed by atoms with E-state index in [1.165, 1.54) is 0 Å². The molecule has 7 heteroatoms. The number of nitrogens with one attached hydrogen (secondary N) is 1. The molecule has 0 aromatic carbocycles. The number of hydrogen-bond donors (Lipinski definition) is 3. The number of aromatic carboxylic acids is 1. The number of piperazine rings is 1. The molecule has 0 bridgehead atoms. The lowest BCUT2D eigenvalue weighted by molar-refractivity contribution is 0.0384. The van der Waals surface area contributed by atoms with Gasteiger partial charge in [-0.05, 0) is 31.7 Å². The molecule has 1 amide bonds. The first-order valence-corrected chi connectivity index (χ1v) is 8.82. The highest BCUT2D eigenvalue weighted by Gasteiger charge is 2.32. The van der Waals surface area contributed by atoms with Gasteiger partial charge in [-0.1, -0.05) is 13.8 Å². The topological polar surface area (TPSA) is 96.9 Å². The Balaban J connectivity index is 2.19. The number of aryl methyl sites for hydroxylation is 1. The van der Waals surface area contributed by atoms with Gasteiger partial charge in [0.25, 0.3) is 5.91 Å². The maximum Gasteiger partial charge on any atom is 0.352 e. The van der Waals surface area contributed by atoms with Crippen molar-refractivity contribution in [3.8, 4) is 0 Å². The number of rotatable bonds is 6. The average Bonchev–Trinajstić information content (AvgIpc) is 2.83. The van der Waals surface area contributed by atoms with Crippen molar-refractivity contribution >= 4 is 11.9 Å². The summed E-state index contributed by atoms with van der Waals surface area (Å²) in [6.45, 7) is 10.7. The lowest BCUT2D eigenvalue weighted by Gasteiger charge is -2.42. The molecule has 140 valence electrons. The number of nitrogens with zero attached hydrogens (tertiary/aromatic N) is 2. The van der Waals surface area contributed by atoms with Crippen molar-refractivity contribution in [2.45, 2.75) is 40.2 Å². The highest BCUT2D eigenvalue weighted by molar-refractivity contribution is 6.00. The molecule has 1 atom stereocenters. The van der Waals surface area contributed by atoms with Crippen LogP contribution in [0.2, 0.25) is 0 Å². The Labute approximate surface area is 148 Å². The summed E-state index contributed by atoms with van der Waals surface area (Å²) in [5, 5.41) is 18.6. The number of carbonyl (C=O) groups is 2. The van der Waals surface area contributed by atoms with Gasteiger partial charge in [0.1, 0.15) is 5.69 Å². The van der Waals surface area contributed by atoms with Gasteiger partial charge < -0.3 is 20.1 Å². The molecule has 0 saturated carbocycles. The Morgan fingerprint density at radius 2 is 1.96 bits per heavy atom. The van der Waals surface area contributed by atoms with E-state index in [1.807, 2.05) is 0 Å². The normalized spacial score (nSPS) is 18.8. The van der Waals surface area contributed by atoms with E-state index in [4.69, 9.17) is 0 Å². The largest absolute Gasteiger partial charge is 0.477 e. The molecule has 1 fully saturated rings. The van der Waals surface area contributed by atoms with Crippen molar-refractivity contribution in [3.05, 3.63) is 22.5 Å². The Morgan fingerprint density at radius 1 is 1.28 bits per heavy atom. The van der Waals surface area contributed by atoms with Gasteiger partial charge in [0, 0.05) is 44.5 Å². The fraction of sp³-hybridized carbons (Fsp3) is 0.667. The Morgan fingerprint density at radius 3 is 2.48 bits per heavy atom. The first-order chi connectivity index (χ1) is 11.8. The minimum Gasteiger partial charge on any atom is -0.477 e. The highest BCUT2D eigenvalue weighted by atomic mass is 16.4. The van der Waals surface area contributed by atoms with Crippen molar-refractivity contribution in [2.75, 3.05) is 32.8 Å². The van der Waals surface area contributed by atoms with Gasteiger partial charge in [0.05, 0.1) is 5.56 Å². The van der Waals surface area contributed by atoms with Crippen LogP contribution in [-0.2, 0) is 0 Å². The smallest absolute Gasteiger partial charge is 0.352 e. The lowest BCUT2D eigenvalue weighted by Crippen LogP contribution is -2.55. The number of hydrogen-bond acceptors (Lipinski definition) is 4. The molecule has 3 N–H and O–H groups in total. The molecular weight excluding hydrogens is 322 g/mol. The second-order valence-electron chi connectivity index (χ2n) is 7.24. The standard InChI is InChI=1S/C18H29N3O4/c1-11(2)9-20-6-7-21(10-14(20)5-8-22)17(23)15-12(3)16(18(24)25)19-13(15)4/h11,14,19,22H,5-10H2,1-4H3,(H,24,25). The number of aliphatic hydroxyl groups excluding tert-OH is 1. The number of carboxylic acids is 1. The van der Waals surface area contributed by atoms with Gasteiger partial charge in [-0.15, -0.1) is 0 Å². The minimum atomic E-state index is -1.06. The zero-order chi connectivity index (χ0) is 18.7. The van der Waals surface area contributed by atoms with Crippen LogP contribution < -0.4 is 0 Å². The molecule has 1 aliphatic heterocycles. The molecule has 1 aromatic rings. The molecule has 2 heterocycles. The van der Waals surface area contributed by atoms with Crippen LogP contribution in [0.25, 0.3) is 0 Å². The van der Waals surface area contributed by atoms with E-state index < -0.39 is 5.97 Å². The molecule has 7 nitrogen and oxygen atoms in total. The maximum atomic E-state index is 13.0. The summed E-state index contributed by atoms with van der Waals surface area (Å²) >= 11 is 0. The van der Waals surface area contributed by atoms with E-state index >= 15 is 0 Å². The number of carbonyl (C=O) groups excluding carboxylic acids is 1. The second kappa shape index (κ2) is 8.01. The number of H-pyrrole nitrogens is 1. The van der Waals surface area contributed by atoms with Crippen molar-refractivity contribution < 1.29 is 19.8 Å². The van der Waals surface area contributed by atoms with Crippen LogP contribution in [0.15, 0.2) is 0 Å².